The minimum absolute atomic E-state index is 0.0186. The normalized spacial score (nSPS) is 12.3. The highest BCUT2D eigenvalue weighted by Gasteiger charge is 2.42. The van der Waals surface area contributed by atoms with Crippen LogP contribution in [0.5, 0.6) is 46.0 Å². The molecule has 6 N–H and O–H groups in total. The van der Waals surface area contributed by atoms with Crippen molar-refractivity contribution in [1.29, 1.82) is 0 Å². The predicted molar refractivity (Wildman–Crippen MR) is 410 cm³/mol. The fourth-order valence-electron chi connectivity index (χ4n) is 12.7. The molecular weight excluding hydrogens is 1380 g/mol. The van der Waals surface area contributed by atoms with Gasteiger partial charge in [0.2, 0.25) is 35.4 Å². The number of carbonyl (C=O) groups excluding carboxylic acids is 10. The first-order chi connectivity index (χ1) is 51.9. The van der Waals surface area contributed by atoms with E-state index in [1.54, 1.807) is 139 Å². The largest absolute Gasteiger partial charge is 0.457 e. The van der Waals surface area contributed by atoms with Crippen molar-refractivity contribution >= 4 is 102 Å². The molecule has 0 aliphatic carbocycles. The molecule has 108 heavy (non-hydrogen) atoms. The Morgan fingerprint density at radius 1 is 0.324 bits per heavy atom. The zero-order chi connectivity index (χ0) is 77.0. The molecule has 9 aromatic carbocycles. The number of benzene rings is 9. The van der Waals surface area contributed by atoms with E-state index in [0.29, 0.717) is 61.2 Å². The van der Waals surface area contributed by atoms with Gasteiger partial charge in [0.1, 0.15) is 59.1 Å². The molecule has 24 nitrogen and oxygen atoms in total. The molecule has 2 heterocycles. The van der Waals surface area contributed by atoms with Crippen LogP contribution >= 0.6 is 0 Å². The maximum atomic E-state index is 15.8. The predicted octanol–water partition coefficient (Wildman–Crippen LogP) is 11.3. The fraction of sp³-hybridized carbons (Fsp3) is 0.262. The van der Waals surface area contributed by atoms with Gasteiger partial charge in [-0.3, -0.25) is 57.7 Å². The number of imide groups is 2. The zero-order valence-electron chi connectivity index (χ0n) is 61.1. The lowest BCUT2D eigenvalue weighted by Crippen LogP contribution is -2.46. The van der Waals surface area contributed by atoms with Crippen LogP contribution in [0.1, 0.15) is 105 Å². The SMILES string of the molecule is C=C(C)C(=O)NCCc1ccc(Oc2cc3c4c(cc(Oc5ccc(CCNC(=O)C(=C)C)cc5)c5c6c(Oc7ccc(CCNC(=O)C(=C)C)cc7)cc7c8c(cc(Oc9ccc(CCNC(=O)C(=C)C)cc9)c(c2c45)c86)C(=O)N(CC(=O)NCCOCC)C7=O)C(=O)N(CC(=O)NCCOCC)C3=O)cc1. The number of hydrogen-bond donors (Lipinski definition) is 6. The Hall–Kier alpha value is -12.5. The molecule has 2 aliphatic heterocycles. The molecule has 556 valence electrons. The van der Waals surface area contributed by atoms with Crippen molar-refractivity contribution in [3.63, 3.8) is 0 Å². The van der Waals surface area contributed by atoms with E-state index in [1.807, 2.05) is 0 Å². The van der Waals surface area contributed by atoms with Gasteiger partial charge in [-0.1, -0.05) is 74.8 Å². The summed E-state index contributed by atoms with van der Waals surface area (Å²) in [4.78, 5) is 143. The third-order valence-electron chi connectivity index (χ3n) is 18.2. The van der Waals surface area contributed by atoms with Gasteiger partial charge in [0.15, 0.2) is 0 Å². The van der Waals surface area contributed by atoms with Crippen LogP contribution in [0, 0.1) is 0 Å². The minimum atomic E-state index is -0.869. The molecule has 0 radical (unpaired) electrons. The van der Waals surface area contributed by atoms with E-state index in [-0.39, 0.29) is 187 Å². The molecule has 2 aliphatic rings. The van der Waals surface area contributed by atoms with E-state index in [9.17, 15) is 28.8 Å². The summed E-state index contributed by atoms with van der Waals surface area (Å²) in [5.41, 5.74) is 4.33. The lowest BCUT2D eigenvalue weighted by Gasteiger charge is -2.32. The molecule has 0 unspecified atom stereocenters. The second kappa shape index (κ2) is 34.1. The first kappa shape index (κ1) is 76.6. The van der Waals surface area contributed by atoms with Crippen molar-refractivity contribution in [2.75, 3.05) is 78.8 Å². The van der Waals surface area contributed by atoms with E-state index < -0.39 is 48.5 Å². The summed E-state index contributed by atoms with van der Waals surface area (Å²) in [7, 11) is 0. The molecule has 0 spiro atoms. The number of rotatable bonds is 36. The number of carbonyl (C=O) groups is 10. The van der Waals surface area contributed by atoms with Crippen LogP contribution in [-0.4, -0.2) is 148 Å². The average molecular weight is 1460 g/mol. The number of ether oxygens (including phenoxy) is 6. The molecule has 0 aromatic heterocycles. The van der Waals surface area contributed by atoms with Crippen LogP contribution in [-0.2, 0) is 63.9 Å². The van der Waals surface area contributed by atoms with Crippen LogP contribution in [0.15, 0.2) is 170 Å². The van der Waals surface area contributed by atoms with Gasteiger partial charge < -0.3 is 60.3 Å². The Balaban J connectivity index is 1.23. The molecule has 0 atom stereocenters. The van der Waals surface area contributed by atoms with E-state index in [1.165, 1.54) is 24.3 Å². The van der Waals surface area contributed by atoms with Crippen LogP contribution in [0.3, 0.4) is 0 Å². The monoisotopic (exact) mass is 1460 g/mol. The molecule has 11 rings (SSSR count). The van der Waals surface area contributed by atoms with Gasteiger partial charge in [0.05, 0.1) is 35.5 Å². The van der Waals surface area contributed by atoms with Gasteiger partial charge in [0, 0.05) is 118 Å². The van der Waals surface area contributed by atoms with Gasteiger partial charge in [-0.25, -0.2) is 0 Å². The number of hydrogen-bond acceptors (Lipinski definition) is 16. The Kier molecular flexibility index (Phi) is 24.2. The van der Waals surface area contributed by atoms with E-state index in [4.69, 9.17) is 28.4 Å². The van der Waals surface area contributed by atoms with Crippen LogP contribution in [0.25, 0.3) is 43.1 Å². The number of fused-ring (bicyclic) bond motifs is 2. The highest BCUT2D eigenvalue weighted by Crippen LogP contribution is 2.58. The highest BCUT2D eigenvalue weighted by molar-refractivity contribution is 6.45. The van der Waals surface area contributed by atoms with Crippen molar-refractivity contribution in [1.82, 2.24) is 41.7 Å². The third kappa shape index (κ3) is 17.2. The molecule has 0 saturated heterocycles. The molecule has 24 heteroatoms. The summed E-state index contributed by atoms with van der Waals surface area (Å²) in [6.45, 7) is 25.9. The third-order valence-corrected chi connectivity index (χ3v) is 18.2. The average Bonchev–Trinajstić information content (AvgIpc) is 0.672. The van der Waals surface area contributed by atoms with Crippen molar-refractivity contribution < 1.29 is 76.4 Å². The first-order valence-corrected chi connectivity index (χ1v) is 35.5. The standard InChI is InChI=1S/C84H84N8O16/c1-11-103-39-37-85-67(93)45-91-81(99)59-41-63(105-55-21-13-51(14-22-55)29-33-87-77(95)47(3)4)71-73-65(107-57-25-17-53(18-26-57)31-35-89-79(97)49(7)8)43-61-70-62(84(102)92(83(61)101)46-68(94)86-38-40-104-12-2)44-66(108-58-27-19-54(20-28-58)32-36-90-80(98)50(9)10)74(76(70)73)72-64(42-60(82(91)100)69(59)75(71)72)106-56-23-15-52(16-24-56)30-34-88-78(96)48(5)6/h13-28,41-44H,3,5,7,9,11-12,29-40,45-46H2,1-2,4,6,8,10H3,(H,85,93)(H,86,94)(H,87,95)(H,88,96)(H,89,97)(H,90,98). The lowest BCUT2D eigenvalue weighted by molar-refractivity contribution is -0.122. The second-order valence-corrected chi connectivity index (χ2v) is 26.3. The number of nitrogens with zero attached hydrogens (tertiary/aromatic N) is 2. The Morgan fingerprint density at radius 2 is 0.556 bits per heavy atom. The first-order valence-electron chi connectivity index (χ1n) is 35.5. The molecule has 9 aromatic rings. The van der Waals surface area contributed by atoms with Crippen molar-refractivity contribution in [2.45, 2.75) is 67.2 Å². The summed E-state index contributed by atoms with van der Waals surface area (Å²) in [5, 5.41) is 18.2. The van der Waals surface area contributed by atoms with Crippen molar-refractivity contribution in [3.05, 3.63) is 214 Å². The summed E-state index contributed by atoms with van der Waals surface area (Å²) >= 11 is 0. The van der Waals surface area contributed by atoms with Gasteiger partial charge in [-0.15, -0.1) is 0 Å². The van der Waals surface area contributed by atoms with E-state index in [2.05, 4.69) is 58.2 Å². The van der Waals surface area contributed by atoms with Gasteiger partial charge in [-0.05, 0) is 162 Å². The Morgan fingerprint density at radius 3 is 0.769 bits per heavy atom. The molecule has 0 saturated carbocycles. The van der Waals surface area contributed by atoms with Gasteiger partial charge in [0.25, 0.3) is 23.6 Å². The van der Waals surface area contributed by atoms with E-state index >= 15 is 19.2 Å². The number of amides is 10. The Labute approximate surface area is 623 Å². The maximum Gasteiger partial charge on any atom is 0.262 e. The quantitative estimate of drug-likeness (QED) is 0.00699. The van der Waals surface area contributed by atoms with Crippen molar-refractivity contribution in [3.8, 4) is 46.0 Å². The molecule has 10 amide bonds. The summed E-state index contributed by atoms with van der Waals surface area (Å²) in [6, 6.07) is 34.0. The topological polar surface area (TPSA) is 305 Å². The Bertz CT molecular complexity index is 4520. The van der Waals surface area contributed by atoms with Crippen molar-refractivity contribution in [2.24, 2.45) is 0 Å². The fourth-order valence-corrected chi connectivity index (χ4v) is 12.7. The molecule has 0 fully saturated rings. The minimum Gasteiger partial charge on any atom is -0.457 e. The van der Waals surface area contributed by atoms with Gasteiger partial charge in [-0.2, -0.15) is 0 Å². The summed E-state index contributed by atoms with van der Waals surface area (Å²) in [6.07, 6.45) is 1.67. The van der Waals surface area contributed by atoms with E-state index in [0.717, 1.165) is 32.1 Å². The maximum absolute atomic E-state index is 15.8. The lowest BCUT2D eigenvalue weighted by atomic mass is 9.80. The van der Waals surface area contributed by atoms with Crippen LogP contribution in [0.4, 0.5) is 0 Å². The second-order valence-electron chi connectivity index (χ2n) is 26.3. The smallest absolute Gasteiger partial charge is 0.262 e. The molecule has 0 bridgehead atoms. The summed E-state index contributed by atoms with van der Waals surface area (Å²) < 4.78 is 39.6. The van der Waals surface area contributed by atoms with Gasteiger partial charge >= 0.3 is 0 Å². The summed E-state index contributed by atoms with van der Waals surface area (Å²) in [5.74, 6) is -5.12. The highest BCUT2D eigenvalue weighted by atomic mass is 16.5. The zero-order valence-corrected chi connectivity index (χ0v) is 61.1. The molecular formula is C84H84N8O16. The van der Waals surface area contributed by atoms with Crippen LogP contribution in [0.2, 0.25) is 0 Å². The number of nitrogens with one attached hydrogen (secondary N) is 6. The van der Waals surface area contributed by atoms with Crippen LogP contribution < -0.4 is 50.8 Å².